The first-order chi connectivity index (χ1) is 8.12. The average Bonchev–Trinajstić information content (AvgIpc) is 2.26. The first-order valence-electron chi connectivity index (χ1n) is 5.15. The van der Waals surface area contributed by atoms with E-state index in [1.807, 2.05) is 19.6 Å². The van der Waals surface area contributed by atoms with Crippen LogP contribution in [0, 0.1) is 20.9 Å². The van der Waals surface area contributed by atoms with E-state index in [1.165, 1.54) is 12.1 Å². The Morgan fingerprint density at radius 2 is 1.67 bits per heavy atom. The first kappa shape index (κ1) is 14.4. The lowest BCUT2D eigenvalue weighted by atomic mass is 10.3. The van der Waals surface area contributed by atoms with Crippen molar-refractivity contribution in [3.05, 3.63) is 34.4 Å². The van der Waals surface area contributed by atoms with Crippen molar-refractivity contribution in [2.75, 3.05) is 0 Å². The third-order valence-electron chi connectivity index (χ3n) is 1.92. The number of hydrogen-bond acceptors (Lipinski definition) is 4. The Bertz CT molecular complexity index is 618. The van der Waals surface area contributed by atoms with Gasteiger partial charge in [-0.05, 0) is 12.1 Å². The fourth-order valence-electron chi connectivity index (χ4n) is 1.03. The SMILES string of the molecule is C[Si](C)(C)C#CS(=O)(=O)c1ccc([N+](=O)[O-])cc1. The van der Waals surface area contributed by atoms with E-state index in [-0.39, 0.29) is 10.6 Å². The fourth-order valence-corrected chi connectivity index (χ4v) is 3.40. The van der Waals surface area contributed by atoms with Crippen molar-refractivity contribution in [3.8, 4) is 10.8 Å². The maximum absolute atomic E-state index is 11.8. The molecule has 0 fully saturated rings. The van der Waals surface area contributed by atoms with Crippen molar-refractivity contribution >= 4 is 23.6 Å². The van der Waals surface area contributed by atoms with Crippen LogP contribution in [0.5, 0.6) is 0 Å². The quantitative estimate of drug-likeness (QED) is 0.361. The van der Waals surface area contributed by atoms with E-state index in [0.29, 0.717) is 0 Å². The van der Waals surface area contributed by atoms with Crippen molar-refractivity contribution in [2.24, 2.45) is 0 Å². The van der Waals surface area contributed by atoms with Gasteiger partial charge in [-0.1, -0.05) is 19.6 Å². The third-order valence-corrected chi connectivity index (χ3v) is 4.24. The summed E-state index contributed by atoms with van der Waals surface area (Å²) in [6.07, 6.45) is 0. The number of nitro benzene ring substituents is 1. The lowest BCUT2D eigenvalue weighted by Crippen LogP contribution is -2.17. The van der Waals surface area contributed by atoms with Crippen LogP contribution in [0.15, 0.2) is 29.2 Å². The minimum Gasteiger partial charge on any atom is -0.258 e. The summed E-state index contributed by atoms with van der Waals surface area (Å²) in [5.41, 5.74) is 2.62. The molecule has 0 saturated carbocycles. The van der Waals surface area contributed by atoms with Crippen LogP contribution in [0.4, 0.5) is 5.69 Å². The third kappa shape index (κ3) is 3.98. The van der Waals surface area contributed by atoms with Crippen LogP contribution in [0.2, 0.25) is 19.6 Å². The molecule has 0 N–H and O–H groups in total. The van der Waals surface area contributed by atoms with Gasteiger partial charge in [0.25, 0.3) is 5.69 Å². The molecule has 0 aliphatic rings. The summed E-state index contributed by atoms with van der Waals surface area (Å²) in [6.45, 7) is 5.81. The Kier molecular flexibility index (Phi) is 3.94. The maximum atomic E-state index is 11.8. The molecule has 96 valence electrons. The lowest BCUT2D eigenvalue weighted by Gasteiger charge is -2.03. The molecule has 1 aromatic carbocycles. The smallest absolute Gasteiger partial charge is 0.258 e. The number of nitro groups is 1. The van der Waals surface area contributed by atoms with Gasteiger partial charge >= 0.3 is 0 Å². The second kappa shape index (κ2) is 4.92. The molecular weight excluding hydrogens is 270 g/mol. The van der Waals surface area contributed by atoms with Gasteiger partial charge < -0.3 is 0 Å². The summed E-state index contributed by atoms with van der Waals surface area (Å²) in [5.74, 6) is 0. The molecule has 1 rings (SSSR count). The Balaban J connectivity index is 3.13. The summed E-state index contributed by atoms with van der Waals surface area (Å²) in [7, 11) is -5.46. The van der Waals surface area contributed by atoms with Gasteiger partial charge in [0, 0.05) is 17.4 Å². The molecule has 0 aliphatic heterocycles. The molecule has 0 radical (unpaired) electrons. The molecule has 18 heavy (non-hydrogen) atoms. The van der Waals surface area contributed by atoms with Crippen LogP contribution in [0.1, 0.15) is 0 Å². The van der Waals surface area contributed by atoms with Crippen molar-refractivity contribution < 1.29 is 13.3 Å². The summed E-state index contributed by atoms with van der Waals surface area (Å²) in [6, 6.07) is 4.71. The molecule has 0 bridgehead atoms. The van der Waals surface area contributed by atoms with Crippen LogP contribution < -0.4 is 0 Å². The monoisotopic (exact) mass is 283 g/mol. The molecular formula is C11H13NO4SSi. The van der Waals surface area contributed by atoms with Crippen molar-refractivity contribution in [1.29, 1.82) is 0 Å². The molecule has 1 aromatic rings. The largest absolute Gasteiger partial charge is 0.269 e. The zero-order chi connectivity index (χ0) is 14.0. The Hall–Kier alpha value is -1.65. The van der Waals surface area contributed by atoms with Gasteiger partial charge in [-0.2, -0.15) is 0 Å². The first-order valence-corrected chi connectivity index (χ1v) is 10.1. The highest BCUT2D eigenvalue weighted by Crippen LogP contribution is 2.16. The zero-order valence-corrected chi connectivity index (χ0v) is 12.1. The topological polar surface area (TPSA) is 77.3 Å². The normalized spacial score (nSPS) is 11.5. The van der Waals surface area contributed by atoms with Crippen LogP contribution in [0.3, 0.4) is 0 Å². The highest BCUT2D eigenvalue weighted by molar-refractivity contribution is 7.96. The summed E-state index contributed by atoms with van der Waals surface area (Å²) in [4.78, 5) is 9.86. The molecule has 0 atom stereocenters. The van der Waals surface area contributed by atoms with E-state index in [2.05, 4.69) is 10.8 Å². The van der Waals surface area contributed by atoms with Crippen LogP contribution in [-0.4, -0.2) is 21.4 Å². The number of rotatable bonds is 2. The van der Waals surface area contributed by atoms with Gasteiger partial charge in [0.2, 0.25) is 9.84 Å². The Labute approximate surface area is 107 Å². The van der Waals surface area contributed by atoms with Gasteiger partial charge in [-0.3, -0.25) is 10.1 Å². The van der Waals surface area contributed by atoms with Gasteiger partial charge in [-0.25, -0.2) is 8.42 Å². The Morgan fingerprint density at radius 3 is 2.06 bits per heavy atom. The van der Waals surface area contributed by atoms with Crippen molar-refractivity contribution in [2.45, 2.75) is 24.5 Å². The van der Waals surface area contributed by atoms with E-state index in [4.69, 9.17) is 0 Å². The summed E-state index contributed by atoms with van der Waals surface area (Å²) < 4.78 is 23.7. The van der Waals surface area contributed by atoms with Gasteiger partial charge in [-0.15, -0.1) is 5.54 Å². The standard InChI is InChI=1S/C11H13NO4SSi/c1-18(2,3)9-8-17(15,16)11-6-4-10(5-7-11)12(13)14/h4-7H,1-3H3. The lowest BCUT2D eigenvalue weighted by molar-refractivity contribution is -0.384. The molecule has 0 saturated heterocycles. The number of nitrogens with zero attached hydrogens (tertiary/aromatic N) is 1. The summed E-state index contributed by atoms with van der Waals surface area (Å²) in [5, 5.41) is 12.7. The Morgan fingerprint density at radius 1 is 1.17 bits per heavy atom. The van der Waals surface area contributed by atoms with Crippen LogP contribution in [0.25, 0.3) is 0 Å². The van der Waals surface area contributed by atoms with Gasteiger partial charge in [0.15, 0.2) is 0 Å². The predicted molar refractivity (Wildman–Crippen MR) is 71.4 cm³/mol. The fraction of sp³-hybridized carbons (Fsp3) is 0.273. The molecule has 7 heteroatoms. The highest BCUT2D eigenvalue weighted by atomic mass is 32.2. The van der Waals surface area contributed by atoms with Crippen molar-refractivity contribution in [3.63, 3.8) is 0 Å². The highest BCUT2D eigenvalue weighted by Gasteiger charge is 2.15. The van der Waals surface area contributed by atoms with Crippen LogP contribution >= 0.6 is 0 Å². The van der Waals surface area contributed by atoms with E-state index in [1.54, 1.807) is 0 Å². The number of sulfone groups is 1. The molecule has 0 aliphatic carbocycles. The molecule has 0 aromatic heterocycles. The van der Waals surface area contributed by atoms with Gasteiger partial charge in [0.05, 0.1) is 9.82 Å². The zero-order valence-electron chi connectivity index (χ0n) is 10.3. The number of benzene rings is 1. The maximum Gasteiger partial charge on any atom is 0.269 e. The molecule has 0 amide bonds. The molecule has 5 nitrogen and oxygen atoms in total. The molecule has 0 heterocycles. The van der Waals surface area contributed by atoms with E-state index >= 15 is 0 Å². The molecule has 0 unspecified atom stereocenters. The summed E-state index contributed by atoms with van der Waals surface area (Å²) >= 11 is 0. The number of hydrogen-bond donors (Lipinski definition) is 0. The van der Waals surface area contributed by atoms with Crippen LogP contribution in [-0.2, 0) is 9.84 Å². The van der Waals surface area contributed by atoms with E-state index in [0.717, 1.165) is 12.1 Å². The van der Waals surface area contributed by atoms with E-state index in [9.17, 15) is 18.5 Å². The number of non-ortho nitro benzene ring substituents is 1. The molecule has 0 spiro atoms. The second-order valence-corrected chi connectivity index (χ2v) is 11.2. The van der Waals surface area contributed by atoms with E-state index < -0.39 is 22.8 Å². The van der Waals surface area contributed by atoms with Gasteiger partial charge in [0.1, 0.15) is 8.07 Å². The predicted octanol–water partition coefficient (Wildman–Crippen LogP) is 2.21. The second-order valence-electron chi connectivity index (χ2n) is 4.73. The van der Waals surface area contributed by atoms with Crippen molar-refractivity contribution in [1.82, 2.24) is 0 Å². The average molecular weight is 283 g/mol. The minimum absolute atomic E-state index is 0.0150. The minimum atomic E-state index is -3.68.